The molecule has 46 heavy (non-hydrogen) atoms. The topological polar surface area (TPSA) is 156 Å². The molecule has 3 unspecified atom stereocenters. The summed E-state index contributed by atoms with van der Waals surface area (Å²) in [4.78, 5) is 67.5. The Morgan fingerprint density at radius 1 is 1.00 bits per heavy atom. The minimum atomic E-state index is -1.65. The third-order valence-corrected chi connectivity index (χ3v) is 9.31. The van der Waals surface area contributed by atoms with Gasteiger partial charge in [-0.15, -0.1) is 0 Å². The molecule has 4 rings (SSSR count). The van der Waals surface area contributed by atoms with Crippen LogP contribution in [0.1, 0.15) is 83.0 Å². The maximum absolute atomic E-state index is 13.6. The molecule has 0 aromatic heterocycles. The van der Waals surface area contributed by atoms with Crippen LogP contribution in [0.15, 0.2) is 48.5 Å². The summed E-state index contributed by atoms with van der Waals surface area (Å²) in [6.07, 6.45) is 1.24. The molecular formula is C34H43ClN4O7. The summed E-state index contributed by atoms with van der Waals surface area (Å²) in [5.41, 5.74) is 1.34. The predicted molar refractivity (Wildman–Crippen MR) is 172 cm³/mol. The van der Waals surface area contributed by atoms with Crippen molar-refractivity contribution in [2.24, 2.45) is 5.41 Å². The van der Waals surface area contributed by atoms with E-state index in [0.29, 0.717) is 42.1 Å². The van der Waals surface area contributed by atoms with Gasteiger partial charge < -0.3 is 25.7 Å². The van der Waals surface area contributed by atoms with E-state index in [9.17, 15) is 34.2 Å². The molecule has 1 saturated carbocycles. The van der Waals surface area contributed by atoms with Gasteiger partial charge in [0, 0.05) is 37.0 Å². The number of anilines is 1. The number of aliphatic hydroxyl groups is 2. The van der Waals surface area contributed by atoms with Crippen molar-refractivity contribution < 1.29 is 34.2 Å². The number of carbonyl (C=O) groups is 5. The van der Waals surface area contributed by atoms with Crippen LogP contribution in [0.3, 0.4) is 0 Å². The van der Waals surface area contributed by atoms with Gasteiger partial charge in [-0.05, 0) is 74.9 Å². The predicted octanol–water partition coefficient (Wildman–Crippen LogP) is 3.40. The minimum absolute atomic E-state index is 0.149. The van der Waals surface area contributed by atoms with E-state index in [4.69, 9.17) is 11.6 Å². The second kappa shape index (κ2) is 15.2. The number of hydrogen-bond donors (Lipinski definition) is 4. The number of amides is 4. The molecule has 2 aromatic carbocycles. The van der Waals surface area contributed by atoms with E-state index in [1.54, 1.807) is 55.5 Å². The van der Waals surface area contributed by atoms with Crippen LogP contribution in [0.2, 0.25) is 5.02 Å². The monoisotopic (exact) mass is 654 g/mol. The highest BCUT2D eigenvalue weighted by Crippen LogP contribution is 2.42. The van der Waals surface area contributed by atoms with Crippen LogP contribution in [0.25, 0.3) is 0 Å². The van der Waals surface area contributed by atoms with Crippen LogP contribution in [0, 0.1) is 5.41 Å². The Balaban J connectivity index is 1.54. The summed E-state index contributed by atoms with van der Waals surface area (Å²) in [5, 5.41) is 24.9. The third kappa shape index (κ3) is 8.12. The van der Waals surface area contributed by atoms with Crippen molar-refractivity contribution >= 4 is 46.7 Å². The van der Waals surface area contributed by atoms with Crippen LogP contribution in [-0.2, 0) is 30.4 Å². The zero-order valence-electron chi connectivity index (χ0n) is 26.5. The second-order valence-electron chi connectivity index (χ2n) is 12.4. The summed E-state index contributed by atoms with van der Waals surface area (Å²) >= 11 is 6.12. The van der Waals surface area contributed by atoms with Crippen molar-refractivity contribution in [3.63, 3.8) is 0 Å². The number of nitrogens with zero attached hydrogens (tertiary/aromatic N) is 2. The zero-order chi connectivity index (χ0) is 33.6. The van der Waals surface area contributed by atoms with Crippen molar-refractivity contribution in [2.45, 2.75) is 96.7 Å². The fourth-order valence-corrected chi connectivity index (χ4v) is 6.61. The Labute approximate surface area is 274 Å². The number of hydrogen-bond acceptors (Lipinski definition) is 7. The van der Waals surface area contributed by atoms with Crippen molar-refractivity contribution in [1.29, 1.82) is 0 Å². The van der Waals surface area contributed by atoms with Gasteiger partial charge in [0.2, 0.25) is 17.7 Å². The van der Waals surface area contributed by atoms with Gasteiger partial charge in [-0.25, -0.2) is 0 Å². The standard InChI is InChI=1S/C34H43ClN4O7/c1-21-32(45)39(31(25-8-10-26(35)11-9-25)38(21)29(42)14-15-30(43)44)27-12-6-24(7-13-27)20-28(22(2)40)37-33(46)34(16-4-5-17-34)18-19-36-23(3)41/h6-13,21,28,30-31,43-44H,4-5,14-20H2,1-3H3,(H,36,41)(H,37,46). The zero-order valence-corrected chi connectivity index (χ0v) is 27.3. The minimum Gasteiger partial charge on any atom is -0.368 e. The van der Waals surface area contributed by atoms with Gasteiger partial charge in [0.05, 0.1) is 11.5 Å². The molecule has 248 valence electrons. The number of aliphatic hydroxyl groups excluding tert-OH is 1. The number of benzene rings is 2. The summed E-state index contributed by atoms with van der Waals surface area (Å²) in [7, 11) is 0. The first kappa shape index (κ1) is 35.1. The van der Waals surface area contributed by atoms with Gasteiger partial charge in [-0.1, -0.05) is 48.7 Å². The lowest BCUT2D eigenvalue weighted by Gasteiger charge is -2.32. The van der Waals surface area contributed by atoms with Crippen molar-refractivity contribution in [1.82, 2.24) is 15.5 Å². The van der Waals surface area contributed by atoms with Gasteiger partial charge in [-0.2, -0.15) is 0 Å². The van der Waals surface area contributed by atoms with Crippen LogP contribution < -0.4 is 15.5 Å². The Kier molecular flexibility index (Phi) is 11.6. The molecule has 0 spiro atoms. The largest absolute Gasteiger partial charge is 0.368 e. The number of nitrogens with one attached hydrogen (secondary N) is 2. The van der Waals surface area contributed by atoms with Crippen LogP contribution in [0.5, 0.6) is 0 Å². The lowest BCUT2D eigenvalue weighted by molar-refractivity contribution is -0.138. The average molecular weight is 655 g/mol. The fourth-order valence-electron chi connectivity index (χ4n) is 6.48. The summed E-state index contributed by atoms with van der Waals surface area (Å²) in [6, 6.07) is 12.4. The van der Waals surface area contributed by atoms with Crippen LogP contribution in [-0.4, -0.2) is 69.4 Å². The molecule has 2 aliphatic rings. The molecule has 12 heteroatoms. The Bertz CT molecular complexity index is 1420. The molecule has 2 fully saturated rings. The molecule has 4 N–H and O–H groups in total. The normalized spacial score (nSPS) is 19.8. The van der Waals surface area contributed by atoms with E-state index in [2.05, 4.69) is 10.6 Å². The van der Waals surface area contributed by atoms with E-state index in [1.165, 1.54) is 23.6 Å². The molecule has 1 saturated heterocycles. The fraction of sp³-hybridized carbons (Fsp3) is 0.500. The molecule has 2 aromatic rings. The molecule has 1 aliphatic heterocycles. The third-order valence-electron chi connectivity index (χ3n) is 9.06. The molecule has 1 aliphatic carbocycles. The van der Waals surface area contributed by atoms with Crippen LogP contribution in [0.4, 0.5) is 5.69 Å². The van der Waals surface area contributed by atoms with Crippen molar-refractivity contribution in [2.75, 3.05) is 11.4 Å². The Hall–Kier alpha value is -3.80. The number of ketones is 1. The highest BCUT2D eigenvalue weighted by atomic mass is 35.5. The maximum atomic E-state index is 13.6. The smallest absolute Gasteiger partial charge is 0.251 e. The van der Waals surface area contributed by atoms with Gasteiger partial charge >= 0.3 is 0 Å². The first-order valence-electron chi connectivity index (χ1n) is 15.7. The van der Waals surface area contributed by atoms with E-state index < -0.39 is 35.9 Å². The first-order valence-corrected chi connectivity index (χ1v) is 16.1. The van der Waals surface area contributed by atoms with Gasteiger partial charge in [0.15, 0.2) is 12.1 Å². The molecular weight excluding hydrogens is 612 g/mol. The summed E-state index contributed by atoms with van der Waals surface area (Å²) in [6.45, 7) is 4.92. The lowest BCUT2D eigenvalue weighted by Crippen LogP contribution is -2.49. The van der Waals surface area contributed by atoms with Gasteiger partial charge in [-0.3, -0.25) is 28.9 Å². The van der Waals surface area contributed by atoms with E-state index >= 15 is 0 Å². The molecule has 1 heterocycles. The molecule has 0 radical (unpaired) electrons. The highest BCUT2D eigenvalue weighted by molar-refractivity contribution is 6.30. The Morgan fingerprint density at radius 2 is 1.63 bits per heavy atom. The number of halogens is 1. The van der Waals surface area contributed by atoms with Crippen LogP contribution >= 0.6 is 11.6 Å². The summed E-state index contributed by atoms with van der Waals surface area (Å²) in [5.74, 6) is -1.20. The first-order chi connectivity index (χ1) is 21.8. The molecule has 3 atom stereocenters. The highest BCUT2D eigenvalue weighted by Gasteiger charge is 2.47. The van der Waals surface area contributed by atoms with Gasteiger partial charge in [0.25, 0.3) is 5.91 Å². The summed E-state index contributed by atoms with van der Waals surface area (Å²) < 4.78 is 0. The quantitative estimate of drug-likeness (QED) is 0.241. The van der Waals surface area contributed by atoms with Gasteiger partial charge in [0.1, 0.15) is 12.2 Å². The number of Topliss-reactive ketones (excluding diaryl/α,β-unsaturated/α-hetero) is 1. The average Bonchev–Trinajstić information content (AvgIpc) is 3.59. The maximum Gasteiger partial charge on any atom is 0.251 e. The van der Waals surface area contributed by atoms with E-state index in [1.807, 2.05) is 0 Å². The second-order valence-corrected chi connectivity index (χ2v) is 12.8. The van der Waals surface area contributed by atoms with E-state index in [0.717, 1.165) is 18.4 Å². The number of carbonyl (C=O) groups excluding carboxylic acids is 5. The van der Waals surface area contributed by atoms with Crippen molar-refractivity contribution in [3.8, 4) is 0 Å². The lowest BCUT2D eigenvalue weighted by atomic mass is 9.81. The SMILES string of the molecule is CC(=O)NCCC1(C(=O)NC(Cc2ccc(N3C(=O)C(C)N(C(=O)CCC(O)O)C3c3ccc(Cl)cc3)cc2)C(C)=O)CCCC1. The number of rotatable bonds is 13. The van der Waals surface area contributed by atoms with E-state index in [-0.39, 0.29) is 42.8 Å². The Morgan fingerprint density at radius 3 is 2.20 bits per heavy atom. The van der Waals surface area contributed by atoms with Crippen molar-refractivity contribution in [3.05, 3.63) is 64.7 Å². The molecule has 4 amide bonds. The molecule has 11 nitrogen and oxygen atoms in total. The molecule has 0 bridgehead atoms.